The second-order valence-electron chi connectivity index (χ2n) is 5.09. The molecule has 2 nitrogen and oxygen atoms in total. The van der Waals surface area contributed by atoms with Gasteiger partial charge in [-0.25, -0.2) is 0 Å². The van der Waals surface area contributed by atoms with Gasteiger partial charge in [0.05, 0.1) is 0 Å². The predicted octanol–water partition coefficient (Wildman–Crippen LogP) is 3.07. The van der Waals surface area contributed by atoms with E-state index in [0.717, 1.165) is 19.0 Å². The molecule has 1 atom stereocenters. The molecule has 0 unspecified atom stereocenters. The summed E-state index contributed by atoms with van der Waals surface area (Å²) in [6.07, 6.45) is 6.33. The zero-order valence-electron chi connectivity index (χ0n) is 10.5. The third-order valence-electron chi connectivity index (χ3n) is 3.27. The van der Waals surface area contributed by atoms with Gasteiger partial charge in [0, 0.05) is 19.0 Å². The Bertz CT molecular complexity index is 201. The van der Waals surface area contributed by atoms with Crippen molar-refractivity contribution in [3.05, 3.63) is 0 Å². The average molecular weight is 211 g/mol. The van der Waals surface area contributed by atoms with Gasteiger partial charge < -0.3 is 4.90 Å². The molecule has 1 saturated heterocycles. The fraction of sp³-hybridized carbons (Fsp3) is 0.923. The Kier molecular flexibility index (Phi) is 5.13. The van der Waals surface area contributed by atoms with Crippen molar-refractivity contribution in [1.29, 1.82) is 0 Å². The van der Waals surface area contributed by atoms with Crippen LogP contribution in [0, 0.1) is 11.8 Å². The molecule has 1 amide bonds. The minimum Gasteiger partial charge on any atom is -0.342 e. The molecule has 0 spiro atoms. The van der Waals surface area contributed by atoms with Gasteiger partial charge in [0.1, 0.15) is 0 Å². The lowest BCUT2D eigenvalue weighted by Gasteiger charge is -2.26. The fourth-order valence-corrected chi connectivity index (χ4v) is 2.44. The molecule has 88 valence electrons. The fourth-order valence-electron chi connectivity index (χ4n) is 2.44. The van der Waals surface area contributed by atoms with Crippen molar-refractivity contribution in [3.8, 4) is 0 Å². The second-order valence-corrected chi connectivity index (χ2v) is 5.09. The highest BCUT2D eigenvalue weighted by Crippen LogP contribution is 2.21. The molecule has 15 heavy (non-hydrogen) atoms. The molecule has 1 fully saturated rings. The van der Waals surface area contributed by atoms with Crippen LogP contribution < -0.4 is 0 Å². The molecule has 0 saturated carbocycles. The Labute approximate surface area is 94.0 Å². The molecule has 0 bridgehead atoms. The van der Waals surface area contributed by atoms with Crippen LogP contribution in [0.15, 0.2) is 0 Å². The van der Waals surface area contributed by atoms with E-state index >= 15 is 0 Å². The maximum Gasteiger partial charge on any atom is 0.225 e. The van der Waals surface area contributed by atoms with Crippen LogP contribution in [0.2, 0.25) is 0 Å². The third kappa shape index (κ3) is 3.84. The Morgan fingerprint density at radius 3 is 2.73 bits per heavy atom. The highest BCUT2D eigenvalue weighted by molar-refractivity contribution is 5.78. The van der Waals surface area contributed by atoms with Gasteiger partial charge in [-0.15, -0.1) is 0 Å². The van der Waals surface area contributed by atoms with Crippen LogP contribution in [-0.2, 0) is 4.79 Å². The van der Waals surface area contributed by atoms with Crippen molar-refractivity contribution < 1.29 is 4.79 Å². The summed E-state index contributed by atoms with van der Waals surface area (Å²) in [5.41, 5.74) is 0. The van der Waals surface area contributed by atoms with E-state index in [1.54, 1.807) is 0 Å². The lowest BCUT2D eigenvalue weighted by atomic mass is 9.98. The molecule has 0 aromatic heterocycles. The number of hydrogen-bond acceptors (Lipinski definition) is 1. The van der Waals surface area contributed by atoms with E-state index in [-0.39, 0.29) is 5.92 Å². The van der Waals surface area contributed by atoms with Crippen LogP contribution in [0.5, 0.6) is 0 Å². The number of hydrogen-bond donors (Lipinski definition) is 0. The van der Waals surface area contributed by atoms with E-state index in [9.17, 15) is 4.79 Å². The van der Waals surface area contributed by atoms with Gasteiger partial charge in [0.25, 0.3) is 0 Å². The summed E-state index contributed by atoms with van der Waals surface area (Å²) in [5.74, 6) is 1.25. The number of amides is 1. The second kappa shape index (κ2) is 6.14. The molecule has 0 aromatic carbocycles. The van der Waals surface area contributed by atoms with Gasteiger partial charge in [0.2, 0.25) is 5.91 Å². The monoisotopic (exact) mass is 211 g/mol. The molecule has 2 heteroatoms. The van der Waals surface area contributed by atoms with E-state index < -0.39 is 0 Å². The SMILES string of the molecule is CCC[C@@H]1CCCCN(C(=O)C(C)C)C1. The molecule has 0 aromatic rings. The van der Waals surface area contributed by atoms with E-state index in [4.69, 9.17) is 0 Å². The summed E-state index contributed by atoms with van der Waals surface area (Å²) in [6.45, 7) is 8.23. The largest absolute Gasteiger partial charge is 0.342 e. The summed E-state index contributed by atoms with van der Waals surface area (Å²) in [4.78, 5) is 14.0. The summed E-state index contributed by atoms with van der Waals surface area (Å²) in [5, 5.41) is 0. The first kappa shape index (κ1) is 12.5. The van der Waals surface area contributed by atoms with Gasteiger partial charge in [-0.2, -0.15) is 0 Å². The van der Waals surface area contributed by atoms with E-state index in [0.29, 0.717) is 5.91 Å². The highest BCUT2D eigenvalue weighted by atomic mass is 16.2. The number of nitrogens with zero attached hydrogens (tertiary/aromatic N) is 1. The zero-order chi connectivity index (χ0) is 11.3. The Morgan fingerprint density at radius 2 is 2.13 bits per heavy atom. The van der Waals surface area contributed by atoms with E-state index in [2.05, 4.69) is 11.8 Å². The van der Waals surface area contributed by atoms with Crippen LogP contribution in [0.3, 0.4) is 0 Å². The number of carbonyl (C=O) groups excluding carboxylic acids is 1. The molecule has 1 aliphatic heterocycles. The zero-order valence-corrected chi connectivity index (χ0v) is 10.5. The first-order valence-electron chi connectivity index (χ1n) is 6.44. The Hall–Kier alpha value is -0.530. The van der Waals surface area contributed by atoms with Crippen LogP contribution >= 0.6 is 0 Å². The average Bonchev–Trinajstić information content (AvgIpc) is 2.42. The van der Waals surface area contributed by atoms with Gasteiger partial charge in [-0.1, -0.05) is 33.6 Å². The molecule has 1 heterocycles. The summed E-state index contributed by atoms with van der Waals surface area (Å²) < 4.78 is 0. The third-order valence-corrected chi connectivity index (χ3v) is 3.27. The van der Waals surface area contributed by atoms with E-state index in [1.807, 2.05) is 13.8 Å². The molecule has 0 aliphatic carbocycles. The van der Waals surface area contributed by atoms with Gasteiger partial charge in [0.15, 0.2) is 0 Å². The van der Waals surface area contributed by atoms with Gasteiger partial charge in [-0.3, -0.25) is 4.79 Å². The van der Waals surface area contributed by atoms with Crippen molar-refractivity contribution in [2.45, 2.75) is 52.9 Å². The van der Waals surface area contributed by atoms with Crippen LogP contribution in [0.4, 0.5) is 0 Å². The topological polar surface area (TPSA) is 20.3 Å². The van der Waals surface area contributed by atoms with Crippen molar-refractivity contribution in [1.82, 2.24) is 4.90 Å². The minimum absolute atomic E-state index is 0.158. The molecule has 1 aliphatic rings. The Morgan fingerprint density at radius 1 is 1.40 bits per heavy atom. The summed E-state index contributed by atoms with van der Waals surface area (Å²) >= 11 is 0. The maximum absolute atomic E-state index is 11.9. The van der Waals surface area contributed by atoms with Crippen molar-refractivity contribution in [3.63, 3.8) is 0 Å². The molecule has 1 rings (SSSR count). The first-order valence-corrected chi connectivity index (χ1v) is 6.44. The highest BCUT2D eigenvalue weighted by Gasteiger charge is 2.22. The van der Waals surface area contributed by atoms with Crippen LogP contribution in [0.1, 0.15) is 52.9 Å². The molecule has 0 N–H and O–H groups in total. The molecule has 0 radical (unpaired) electrons. The van der Waals surface area contributed by atoms with Crippen molar-refractivity contribution in [2.75, 3.05) is 13.1 Å². The molecular weight excluding hydrogens is 186 g/mol. The number of carbonyl (C=O) groups is 1. The quantitative estimate of drug-likeness (QED) is 0.702. The van der Waals surface area contributed by atoms with Crippen molar-refractivity contribution >= 4 is 5.91 Å². The smallest absolute Gasteiger partial charge is 0.225 e. The standard InChI is InChI=1S/C13H25NO/c1-4-7-12-8-5-6-9-14(10-12)13(15)11(2)3/h11-12H,4-10H2,1-3H3/t12-/m1/s1. The lowest BCUT2D eigenvalue weighted by Crippen LogP contribution is -2.37. The van der Waals surface area contributed by atoms with Crippen LogP contribution in [0.25, 0.3) is 0 Å². The normalized spacial score (nSPS) is 22.9. The number of rotatable bonds is 3. The molecular formula is C13H25NO. The summed E-state index contributed by atoms with van der Waals surface area (Å²) in [7, 11) is 0. The van der Waals surface area contributed by atoms with Crippen LogP contribution in [-0.4, -0.2) is 23.9 Å². The lowest BCUT2D eigenvalue weighted by molar-refractivity contribution is -0.134. The van der Waals surface area contributed by atoms with Gasteiger partial charge >= 0.3 is 0 Å². The van der Waals surface area contributed by atoms with Crippen molar-refractivity contribution in [2.24, 2.45) is 11.8 Å². The van der Waals surface area contributed by atoms with E-state index in [1.165, 1.54) is 32.1 Å². The number of likely N-dealkylation sites (tertiary alicyclic amines) is 1. The first-order chi connectivity index (χ1) is 7.15. The van der Waals surface area contributed by atoms with Gasteiger partial charge in [-0.05, 0) is 25.2 Å². The Balaban J connectivity index is 2.52. The summed E-state index contributed by atoms with van der Waals surface area (Å²) in [6, 6.07) is 0. The predicted molar refractivity (Wildman–Crippen MR) is 63.7 cm³/mol. The maximum atomic E-state index is 11.9. The minimum atomic E-state index is 0.158.